The molecule has 0 amide bonds. The molecule has 0 bridgehead atoms. The van der Waals surface area contributed by atoms with Crippen LogP contribution in [0.15, 0.2) is 48.6 Å². The van der Waals surface area contributed by atoms with E-state index in [1.807, 2.05) is 48.6 Å². The topological polar surface area (TPSA) is 93.1 Å². The van der Waals surface area contributed by atoms with Crippen LogP contribution in [0.5, 0.6) is 5.75 Å². The lowest BCUT2D eigenvalue weighted by atomic mass is 9.63. The average Bonchev–Trinajstić information content (AvgIpc) is 3.39. The lowest BCUT2D eigenvalue weighted by Crippen LogP contribution is -2.40. The number of rotatable bonds is 29. The molecule has 0 unspecified atom stereocenters. The fourth-order valence-corrected chi connectivity index (χ4v) is 8.46. The van der Waals surface area contributed by atoms with Crippen LogP contribution in [-0.2, 0) is 20.7 Å². The van der Waals surface area contributed by atoms with Crippen molar-refractivity contribution in [3.05, 3.63) is 54.1 Å². The molecule has 0 radical (unpaired) electrons. The zero-order chi connectivity index (χ0) is 37.4. The van der Waals surface area contributed by atoms with Crippen molar-refractivity contribution in [3.63, 3.8) is 0 Å². The van der Waals surface area contributed by atoms with Crippen LogP contribution < -0.4 is 4.74 Å². The van der Waals surface area contributed by atoms with Crippen LogP contribution >= 0.6 is 11.6 Å². The van der Waals surface area contributed by atoms with Crippen LogP contribution in [0.3, 0.4) is 0 Å². The molecular formula is C45H71ClO6. The number of allylic oxidation sites excluding steroid dienone is 2. The monoisotopic (exact) mass is 742 g/mol. The Bertz CT molecular complexity index is 1190. The highest BCUT2D eigenvalue weighted by Crippen LogP contribution is 2.48. The summed E-state index contributed by atoms with van der Waals surface area (Å²) in [5, 5.41) is 21.3. The number of hydrogen-bond acceptors (Lipinski definition) is 6. The van der Waals surface area contributed by atoms with Gasteiger partial charge in [0.25, 0.3) is 0 Å². The van der Waals surface area contributed by atoms with Crippen LogP contribution in [-0.4, -0.2) is 52.8 Å². The molecule has 7 heteroatoms. The van der Waals surface area contributed by atoms with Gasteiger partial charge in [-0.25, -0.2) is 4.79 Å². The summed E-state index contributed by atoms with van der Waals surface area (Å²) >= 11 is 6.62. The second kappa shape index (κ2) is 25.8. The van der Waals surface area contributed by atoms with Crippen molar-refractivity contribution in [2.75, 3.05) is 13.2 Å². The number of unbranched alkanes of at least 4 members (excludes halogenated alkanes) is 12. The maximum Gasteiger partial charge on any atom is 0.374 e. The zero-order valence-corrected chi connectivity index (χ0v) is 33.3. The van der Waals surface area contributed by atoms with E-state index in [4.69, 9.17) is 21.1 Å². The smallest absolute Gasteiger partial charge is 0.374 e. The number of ketones is 1. The molecule has 294 valence electrons. The predicted octanol–water partition coefficient (Wildman–Crippen LogP) is 11.0. The Kier molecular flexibility index (Phi) is 21.9. The molecule has 0 heterocycles. The highest BCUT2D eigenvalue weighted by atomic mass is 35.5. The molecule has 0 aliphatic heterocycles. The van der Waals surface area contributed by atoms with E-state index in [1.165, 1.54) is 83.5 Å². The SMILES string of the molecule is CCCCCCCCCCCCCCCOc1ccccc1CCOC(=O)C(=O)CCC=CC[C@@H]1[C@@H](C=CC[C@H](O)C2(CC)CCC2)[C@H](O)C[C@H]1Cl. The quantitative estimate of drug-likeness (QED) is 0.0279. The normalized spacial score (nSPS) is 21.8. The van der Waals surface area contributed by atoms with Gasteiger partial charge >= 0.3 is 5.97 Å². The summed E-state index contributed by atoms with van der Waals surface area (Å²) in [5.41, 5.74) is 1.04. The summed E-state index contributed by atoms with van der Waals surface area (Å²) < 4.78 is 11.4. The Balaban J connectivity index is 1.25. The Morgan fingerprint density at radius 1 is 0.904 bits per heavy atom. The predicted molar refractivity (Wildman–Crippen MR) is 214 cm³/mol. The lowest BCUT2D eigenvalue weighted by Gasteiger charge is -2.45. The molecule has 2 saturated carbocycles. The van der Waals surface area contributed by atoms with Gasteiger partial charge in [0.15, 0.2) is 0 Å². The molecule has 3 rings (SSSR count). The summed E-state index contributed by atoms with van der Waals surface area (Å²) in [5.74, 6) is -0.495. The number of aliphatic hydroxyl groups is 2. The van der Waals surface area contributed by atoms with Gasteiger partial charge in [0.1, 0.15) is 5.75 Å². The van der Waals surface area contributed by atoms with E-state index in [0.29, 0.717) is 38.7 Å². The fraction of sp³-hybridized carbons (Fsp3) is 0.733. The van der Waals surface area contributed by atoms with Crippen molar-refractivity contribution in [1.29, 1.82) is 0 Å². The number of benzene rings is 1. The number of para-hydroxylation sites is 1. The largest absolute Gasteiger partial charge is 0.493 e. The minimum absolute atomic E-state index is 0.0607. The summed E-state index contributed by atoms with van der Waals surface area (Å²) in [6.45, 7) is 5.23. The molecule has 1 aromatic rings. The first-order valence-corrected chi connectivity index (χ1v) is 21.5. The first kappa shape index (κ1) is 44.2. The average molecular weight is 744 g/mol. The Labute approximate surface area is 321 Å². The highest BCUT2D eigenvalue weighted by molar-refractivity contribution is 6.33. The molecule has 0 aromatic heterocycles. The van der Waals surface area contributed by atoms with Crippen molar-refractivity contribution < 1.29 is 29.3 Å². The molecule has 6 nitrogen and oxygen atoms in total. The minimum Gasteiger partial charge on any atom is -0.493 e. The van der Waals surface area contributed by atoms with E-state index in [1.54, 1.807) is 0 Å². The van der Waals surface area contributed by atoms with Crippen LogP contribution in [0.1, 0.15) is 161 Å². The minimum atomic E-state index is -0.794. The number of hydrogen-bond donors (Lipinski definition) is 2. The molecular weight excluding hydrogens is 672 g/mol. The van der Waals surface area contributed by atoms with Crippen LogP contribution in [0.25, 0.3) is 0 Å². The molecule has 0 spiro atoms. The van der Waals surface area contributed by atoms with E-state index in [2.05, 4.69) is 13.8 Å². The number of aliphatic hydroxyl groups excluding tert-OH is 2. The molecule has 2 fully saturated rings. The van der Waals surface area contributed by atoms with Crippen molar-refractivity contribution in [2.45, 2.75) is 179 Å². The molecule has 0 saturated heterocycles. The molecule has 2 aliphatic rings. The summed E-state index contributed by atoms with van der Waals surface area (Å²) in [7, 11) is 0. The molecule has 5 atom stereocenters. The van der Waals surface area contributed by atoms with Gasteiger partial charge in [-0.15, -0.1) is 11.6 Å². The van der Waals surface area contributed by atoms with E-state index >= 15 is 0 Å². The maximum absolute atomic E-state index is 12.5. The van der Waals surface area contributed by atoms with Gasteiger partial charge in [-0.1, -0.05) is 140 Å². The third-order valence-corrected chi connectivity index (χ3v) is 12.3. The van der Waals surface area contributed by atoms with Gasteiger partial charge in [-0.05, 0) is 74.3 Å². The van der Waals surface area contributed by atoms with Crippen molar-refractivity contribution >= 4 is 23.4 Å². The van der Waals surface area contributed by atoms with E-state index in [-0.39, 0.29) is 41.8 Å². The molecule has 1 aromatic carbocycles. The van der Waals surface area contributed by atoms with E-state index < -0.39 is 17.9 Å². The number of Topliss-reactive ketones (excluding diaryl/α,β-unsaturated/α-hetero) is 1. The van der Waals surface area contributed by atoms with Crippen molar-refractivity contribution in [1.82, 2.24) is 0 Å². The first-order valence-electron chi connectivity index (χ1n) is 21.0. The summed E-state index contributed by atoms with van der Waals surface area (Å²) in [4.78, 5) is 24.8. The van der Waals surface area contributed by atoms with E-state index in [9.17, 15) is 19.8 Å². The van der Waals surface area contributed by atoms with Gasteiger partial charge in [0.05, 0.1) is 25.4 Å². The number of carbonyl (C=O) groups is 2. The van der Waals surface area contributed by atoms with Crippen LogP contribution in [0, 0.1) is 17.3 Å². The zero-order valence-electron chi connectivity index (χ0n) is 32.6. The van der Waals surface area contributed by atoms with Gasteiger partial charge in [0, 0.05) is 24.1 Å². The standard InChI is InChI=1S/C45H71ClO6/c1-3-5-6-7-8-9-10-11-12-13-14-15-21-33-51-42-28-20-19-24-36(42)30-34-52-44(50)40(47)27-18-16-17-25-37-38(41(48)35-39(37)46)26-22-29-43(49)45(4-2)31-23-32-45/h16-17,19-20,22,24,26,28,37-39,41,43,48-49H,3-15,18,21,23,25,27,29-35H2,1-2H3/t37-,38-,39-,41-,43+/m1/s1. The van der Waals surface area contributed by atoms with Gasteiger partial charge in [0.2, 0.25) is 5.78 Å². The Hall–Kier alpha value is -2.15. The summed E-state index contributed by atoms with van der Waals surface area (Å²) in [6, 6.07) is 7.84. The number of esters is 1. The van der Waals surface area contributed by atoms with Gasteiger partial charge in [-0.2, -0.15) is 0 Å². The van der Waals surface area contributed by atoms with Crippen LogP contribution in [0.2, 0.25) is 0 Å². The van der Waals surface area contributed by atoms with Gasteiger partial charge < -0.3 is 19.7 Å². The van der Waals surface area contributed by atoms with Gasteiger partial charge in [-0.3, -0.25) is 4.79 Å². The summed E-state index contributed by atoms with van der Waals surface area (Å²) in [6.07, 6.45) is 31.5. The maximum atomic E-state index is 12.5. The number of carbonyl (C=O) groups excluding carboxylic acids is 2. The third-order valence-electron chi connectivity index (χ3n) is 11.8. The molecule has 2 N–H and O–H groups in total. The number of alkyl halides is 1. The number of ether oxygens (including phenoxy) is 2. The second-order valence-electron chi connectivity index (χ2n) is 15.6. The van der Waals surface area contributed by atoms with Crippen molar-refractivity contribution in [3.8, 4) is 5.75 Å². The molecule has 2 aliphatic carbocycles. The van der Waals surface area contributed by atoms with Crippen LogP contribution in [0.4, 0.5) is 0 Å². The van der Waals surface area contributed by atoms with Crippen molar-refractivity contribution in [2.24, 2.45) is 17.3 Å². The highest BCUT2D eigenvalue weighted by Gasteiger charge is 2.42. The Morgan fingerprint density at radius 2 is 1.56 bits per heavy atom. The fourth-order valence-electron chi connectivity index (χ4n) is 8.01. The lowest BCUT2D eigenvalue weighted by molar-refractivity contribution is -0.153. The Morgan fingerprint density at radius 3 is 2.19 bits per heavy atom. The number of halogens is 1. The second-order valence-corrected chi connectivity index (χ2v) is 16.1. The van der Waals surface area contributed by atoms with E-state index in [0.717, 1.165) is 37.0 Å². The molecule has 52 heavy (non-hydrogen) atoms. The first-order chi connectivity index (χ1) is 25.3. The third kappa shape index (κ3) is 15.7.